The third kappa shape index (κ3) is 3.52. The zero-order chi connectivity index (χ0) is 14.9. The summed E-state index contributed by atoms with van der Waals surface area (Å²) in [6, 6.07) is 6.29. The maximum atomic E-state index is 12.0. The Labute approximate surface area is 128 Å². The fourth-order valence-electron chi connectivity index (χ4n) is 2.51. The lowest BCUT2D eigenvalue weighted by Gasteiger charge is -2.25. The van der Waals surface area contributed by atoms with Crippen LogP contribution in [-0.4, -0.2) is 24.8 Å². The molecular formula is C15H21BrN2O2. The predicted molar refractivity (Wildman–Crippen MR) is 82.8 cm³/mol. The summed E-state index contributed by atoms with van der Waals surface area (Å²) >= 11 is 3.48. The summed E-state index contributed by atoms with van der Waals surface area (Å²) in [7, 11) is 1.91. The van der Waals surface area contributed by atoms with Crippen LogP contribution in [0.3, 0.4) is 0 Å². The molecule has 2 unspecified atom stereocenters. The molecule has 2 rings (SSSR count). The van der Waals surface area contributed by atoms with Gasteiger partial charge in [-0.15, -0.1) is 0 Å². The maximum absolute atomic E-state index is 12.0. The molecule has 0 aliphatic heterocycles. The summed E-state index contributed by atoms with van der Waals surface area (Å²) in [5, 5.41) is 6.24. The van der Waals surface area contributed by atoms with Crippen molar-refractivity contribution in [3.05, 3.63) is 33.8 Å². The molecule has 5 heteroatoms. The van der Waals surface area contributed by atoms with Crippen molar-refractivity contribution in [3.63, 3.8) is 0 Å². The average Bonchev–Trinajstić information content (AvgIpc) is 2.64. The van der Waals surface area contributed by atoms with Crippen LogP contribution in [0.1, 0.15) is 37.9 Å². The first-order valence-electron chi connectivity index (χ1n) is 6.75. The van der Waals surface area contributed by atoms with Gasteiger partial charge in [-0.3, -0.25) is 0 Å². The Morgan fingerprint density at radius 3 is 2.70 bits per heavy atom. The largest absolute Gasteiger partial charge is 0.444 e. The maximum Gasteiger partial charge on any atom is 0.408 e. The Hall–Kier alpha value is -1.07. The average molecular weight is 341 g/mol. The molecule has 2 N–H and O–H groups in total. The van der Waals surface area contributed by atoms with Crippen LogP contribution in [-0.2, 0) is 11.2 Å². The van der Waals surface area contributed by atoms with E-state index in [1.165, 1.54) is 5.56 Å². The molecule has 0 heterocycles. The SMILES string of the molecule is CNC1Cc2cc(Br)ccc2C1NC(=O)OC(C)(C)C. The molecule has 1 aromatic rings. The van der Waals surface area contributed by atoms with Gasteiger partial charge in [0.1, 0.15) is 5.60 Å². The molecular weight excluding hydrogens is 320 g/mol. The molecule has 4 nitrogen and oxygen atoms in total. The van der Waals surface area contributed by atoms with Crippen molar-refractivity contribution in [2.75, 3.05) is 7.05 Å². The topological polar surface area (TPSA) is 50.4 Å². The van der Waals surface area contributed by atoms with Gasteiger partial charge in [0.2, 0.25) is 0 Å². The highest BCUT2D eigenvalue weighted by molar-refractivity contribution is 9.10. The first-order chi connectivity index (χ1) is 9.30. The molecule has 0 spiro atoms. The lowest BCUT2D eigenvalue weighted by atomic mass is 10.1. The minimum atomic E-state index is -0.486. The van der Waals surface area contributed by atoms with Crippen molar-refractivity contribution in [1.29, 1.82) is 0 Å². The number of carbonyl (C=O) groups is 1. The summed E-state index contributed by atoms with van der Waals surface area (Å²) in [5.74, 6) is 0. The lowest BCUT2D eigenvalue weighted by Crippen LogP contribution is -2.42. The van der Waals surface area contributed by atoms with Crippen LogP contribution >= 0.6 is 15.9 Å². The normalized spacial score (nSPS) is 21.4. The standard InChI is InChI=1S/C15H21BrN2O2/c1-15(2,3)20-14(19)18-13-11-6-5-10(16)7-9(11)8-12(13)17-4/h5-7,12-13,17H,8H2,1-4H3,(H,18,19). The van der Waals surface area contributed by atoms with Gasteiger partial charge in [0.25, 0.3) is 0 Å². The number of hydrogen-bond donors (Lipinski definition) is 2. The third-order valence-electron chi connectivity index (χ3n) is 3.33. The molecule has 110 valence electrons. The van der Waals surface area contributed by atoms with Gasteiger partial charge in [-0.2, -0.15) is 0 Å². The van der Waals surface area contributed by atoms with E-state index >= 15 is 0 Å². The fourth-order valence-corrected chi connectivity index (χ4v) is 2.92. The van der Waals surface area contributed by atoms with E-state index in [1.807, 2.05) is 33.9 Å². The summed E-state index contributed by atoms with van der Waals surface area (Å²) in [6.07, 6.45) is 0.518. The summed E-state index contributed by atoms with van der Waals surface area (Å²) in [4.78, 5) is 12.0. The van der Waals surface area contributed by atoms with Gasteiger partial charge in [-0.05, 0) is 57.5 Å². The number of hydrogen-bond acceptors (Lipinski definition) is 3. The molecule has 0 saturated carbocycles. The minimum absolute atomic E-state index is 0.0575. The number of alkyl carbamates (subject to hydrolysis) is 1. The van der Waals surface area contributed by atoms with Crippen LogP contribution in [0, 0.1) is 0 Å². The molecule has 20 heavy (non-hydrogen) atoms. The fraction of sp³-hybridized carbons (Fsp3) is 0.533. The van der Waals surface area contributed by atoms with E-state index in [9.17, 15) is 4.79 Å². The zero-order valence-electron chi connectivity index (χ0n) is 12.3. The Bertz CT molecular complexity index is 511. The smallest absolute Gasteiger partial charge is 0.408 e. The molecule has 0 aromatic heterocycles. The Morgan fingerprint density at radius 1 is 1.40 bits per heavy atom. The van der Waals surface area contributed by atoms with Crippen LogP contribution in [0.5, 0.6) is 0 Å². The molecule has 0 radical (unpaired) electrons. The second kappa shape index (κ2) is 5.74. The van der Waals surface area contributed by atoms with Gasteiger partial charge >= 0.3 is 6.09 Å². The van der Waals surface area contributed by atoms with Crippen molar-refractivity contribution >= 4 is 22.0 Å². The number of ether oxygens (including phenoxy) is 1. The van der Waals surface area contributed by atoms with Gasteiger partial charge in [-0.25, -0.2) is 4.79 Å². The van der Waals surface area contributed by atoms with Crippen LogP contribution in [0.4, 0.5) is 4.79 Å². The lowest BCUT2D eigenvalue weighted by molar-refractivity contribution is 0.0496. The Kier molecular flexibility index (Phi) is 4.39. The molecule has 1 aliphatic rings. The number of fused-ring (bicyclic) bond motifs is 1. The second-order valence-electron chi connectivity index (χ2n) is 6.07. The third-order valence-corrected chi connectivity index (χ3v) is 3.82. The van der Waals surface area contributed by atoms with Crippen molar-refractivity contribution in [2.45, 2.75) is 44.9 Å². The van der Waals surface area contributed by atoms with E-state index in [1.54, 1.807) is 0 Å². The molecule has 0 saturated heterocycles. The summed E-state index contributed by atoms with van der Waals surface area (Å²) < 4.78 is 6.40. The first kappa shape index (κ1) is 15.3. The molecule has 1 amide bonds. The van der Waals surface area contributed by atoms with E-state index in [0.29, 0.717) is 0 Å². The van der Waals surface area contributed by atoms with Crippen LogP contribution in [0.25, 0.3) is 0 Å². The number of carbonyl (C=O) groups excluding carboxylic acids is 1. The van der Waals surface area contributed by atoms with Crippen molar-refractivity contribution in [1.82, 2.24) is 10.6 Å². The number of rotatable bonds is 2. The van der Waals surface area contributed by atoms with Crippen LogP contribution in [0.15, 0.2) is 22.7 Å². The van der Waals surface area contributed by atoms with E-state index in [-0.39, 0.29) is 18.2 Å². The van der Waals surface area contributed by atoms with Crippen molar-refractivity contribution in [2.24, 2.45) is 0 Å². The Balaban J connectivity index is 2.16. The van der Waals surface area contributed by atoms with Gasteiger partial charge in [0, 0.05) is 10.5 Å². The van der Waals surface area contributed by atoms with E-state index in [2.05, 4.69) is 38.7 Å². The molecule has 1 aliphatic carbocycles. The second-order valence-corrected chi connectivity index (χ2v) is 6.98. The highest BCUT2D eigenvalue weighted by atomic mass is 79.9. The van der Waals surface area contributed by atoms with Crippen molar-refractivity contribution < 1.29 is 9.53 Å². The number of halogens is 1. The predicted octanol–water partition coefficient (Wildman–Crippen LogP) is 3.16. The van der Waals surface area contributed by atoms with Gasteiger partial charge < -0.3 is 15.4 Å². The van der Waals surface area contributed by atoms with Crippen LogP contribution < -0.4 is 10.6 Å². The quantitative estimate of drug-likeness (QED) is 0.869. The summed E-state index contributed by atoms with van der Waals surface area (Å²) in [5.41, 5.74) is 1.92. The number of likely N-dealkylation sites (N-methyl/N-ethyl adjacent to an activating group) is 1. The molecule has 1 aromatic carbocycles. The summed E-state index contributed by atoms with van der Waals surface area (Å²) in [6.45, 7) is 5.59. The van der Waals surface area contributed by atoms with Crippen LogP contribution in [0.2, 0.25) is 0 Å². The number of benzene rings is 1. The molecule has 0 bridgehead atoms. The zero-order valence-corrected chi connectivity index (χ0v) is 13.9. The number of amides is 1. The van der Waals surface area contributed by atoms with E-state index < -0.39 is 5.60 Å². The van der Waals surface area contributed by atoms with Gasteiger partial charge in [-0.1, -0.05) is 22.0 Å². The van der Waals surface area contributed by atoms with Crippen molar-refractivity contribution in [3.8, 4) is 0 Å². The number of nitrogens with one attached hydrogen (secondary N) is 2. The first-order valence-corrected chi connectivity index (χ1v) is 7.54. The Morgan fingerprint density at radius 2 is 2.10 bits per heavy atom. The van der Waals surface area contributed by atoms with E-state index in [4.69, 9.17) is 4.74 Å². The van der Waals surface area contributed by atoms with Gasteiger partial charge in [0.15, 0.2) is 0 Å². The monoisotopic (exact) mass is 340 g/mol. The highest BCUT2D eigenvalue weighted by Crippen LogP contribution is 2.33. The highest BCUT2D eigenvalue weighted by Gasteiger charge is 2.33. The van der Waals surface area contributed by atoms with Gasteiger partial charge in [0.05, 0.1) is 6.04 Å². The molecule has 0 fully saturated rings. The van der Waals surface area contributed by atoms with E-state index in [0.717, 1.165) is 16.5 Å². The molecule has 2 atom stereocenters. The minimum Gasteiger partial charge on any atom is -0.444 e.